The van der Waals surface area contributed by atoms with Crippen LogP contribution < -0.4 is 5.32 Å². The molecule has 5 nitrogen and oxygen atoms in total. The zero-order valence-corrected chi connectivity index (χ0v) is 13.5. The SMILES string of the molecule is O=C(c1cc2occc2[nH]1)N1CCC[C@H](NCc2ccccc2)C1. The van der Waals surface area contributed by atoms with Gasteiger partial charge in [0.1, 0.15) is 5.69 Å². The molecule has 1 fully saturated rings. The summed E-state index contributed by atoms with van der Waals surface area (Å²) in [7, 11) is 0. The summed E-state index contributed by atoms with van der Waals surface area (Å²) >= 11 is 0. The third kappa shape index (κ3) is 3.08. The van der Waals surface area contributed by atoms with Gasteiger partial charge in [-0.2, -0.15) is 0 Å². The molecule has 3 aromatic rings. The molecular formula is C19H21N3O2. The minimum atomic E-state index is 0.0487. The number of rotatable bonds is 4. The van der Waals surface area contributed by atoms with Gasteiger partial charge < -0.3 is 19.6 Å². The van der Waals surface area contributed by atoms with E-state index in [1.807, 2.05) is 17.0 Å². The maximum absolute atomic E-state index is 12.7. The Hall–Kier alpha value is -2.53. The number of aromatic nitrogens is 1. The highest BCUT2D eigenvalue weighted by Gasteiger charge is 2.25. The van der Waals surface area contributed by atoms with E-state index < -0.39 is 0 Å². The van der Waals surface area contributed by atoms with Crippen molar-refractivity contribution >= 4 is 17.0 Å². The number of furan rings is 1. The van der Waals surface area contributed by atoms with Gasteiger partial charge in [0, 0.05) is 37.8 Å². The molecule has 24 heavy (non-hydrogen) atoms. The van der Waals surface area contributed by atoms with Crippen molar-refractivity contribution in [2.75, 3.05) is 13.1 Å². The number of piperidine rings is 1. The number of amides is 1. The lowest BCUT2D eigenvalue weighted by Crippen LogP contribution is -2.47. The van der Waals surface area contributed by atoms with Crippen LogP contribution >= 0.6 is 0 Å². The highest BCUT2D eigenvalue weighted by atomic mass is 16.3. The van der Waals surface area contributed by atoms with Crippen molar-refractivity contribution in [1.29, 1.82) is 0 Å². The zero-order valence-electron chi connectivity index (χ0n) is 13.5. The Morgan fingerprint density at radius 3 is 3.00 bits per heavy atom. The molecule has 124 valence electrons. The fraction of sp³-hybridized carbons (Fsp3) is 0.316. The van der Waals surface area contributed by atoms with Gasteiger partial charge in [-0.15, -0.1) is 0 Å². The normalized spacial score (nSPS) is 18.2. The van der Waals surface area contributed by atoms with Crippen LogP contribution in [0.5, 0.6) is 0 Å². The van der Waals surface area contributed by atoms with E-state index in [9.17, 15) is 4.79 Å². The first-order valence-electron chi connectivity index (χ1n) is 8.42. The Labute approximate surface area is 140 Å². The van der Waals surface area contributed by atoms with Gasteiger partial charge in [0.05, 0.1) is 11.8 Å². The van der Waals surface area contributed by atoms with Crippen molar-refractivity contribution in [1.82, 2.24) is 15.2 Å². The van der Waals surface area contributed by atoms with E-state index in [1.165, 1.54) is 5.56 Å². The van der Waals surface area contributed by atoms with E-state index in [-0.39, 0.29) is 5.91 Å². The lowest BCUT2D eigenvalue weighted by molar-refractivity contribution is 0.0689. The maximum atomic E-state index is 12.7. The van der Waals surface area contributed by atoms with Crippen LogP contribution in [0.4, 0.5) is 0 Å². The maximum Gasteiger partial charge on any atom is 0.270 e. The number of fused-ring (bicyclic) bond motifs is 1. The minimum Gasteiger partial charge on any atom is -0.463 e. The van der Waals surface area contributed by atoms with Gasteiger partial charge in [-0.25, -0.2) is 0 Å². The van der Waals surface area contributed by atoms with Crippen LogP contribution in [0.2, 0.25) is 0 Å². The third-order valence-electron chi connectivity index (χ3n) is 4.62. The second-order valence-corrected chi connectivity index (χ2v) is 6.34. The Morgan fingerprint density at radius 1 is 1.29 bits per heavy atom. The fourth-order valence-electron chi connectivity index (χ4n) is 3.32. The van der Waals surface area contributed by atoms with Crippen molar-refractivity contribution in [3.63, 3.8) is 0 Å². The molecule has 0 aliphatic carbocycles. The van der Waals surface area contributed by atoms with Gasteiger partial charge in [0.25, 0.3) is 5.91 Å². The standard InChI is InChI=1S/C19H21N3O2/c23-19(17-11-18-16(21-17)8-10-24-18)22-9-4-7-15(13-22)20-12-14-5-2-1-3-6-14/h1-3,5-6,8,10-11,15,20-21H,4,7,9,12-13H2/t15-/m0/s1. The first-order chi connectivity index (χ1) is 11.8. The lowest BCUT2D eigenvalue weighted by atomic mass is 10.0. The molecule has 1 atom stereocenters. The van der Waals surface area contributed by atoms with E-state index in [0.29, 0.717) is 11.7 Å². The van der Waals surface area contributed by atoms with Crippen LogP contribution in [0, 0.1) is 0 Å². The number of nitrogens with one attached hydrogen (secondary N) is 2. The van der Waals surface area contributed by atoms with E-state index in [1.54, 1.807) is 12.3 Å². The van der Waals surface area contributed by atoms with Gasteiger partial charge in [-0.05, 0) is 18.4 Å². The number of hydrogen-bond donors (Lipinski definition) is 2. The average Bonchev–Trinajstić information content (AvgIpc) is 3.22. The highest BCUT2D eigenvalue weighted by molar-refractivity contribution is 5.96. The highest BCUT2D eigenvalue weighted by Crippen LogP contribution is 2.19. The quantitative estimate of drug-likeness (QED) is 0.775. The minimum absolute atomic E-state index is 0.0487. The summed E-state index contributed by atoms with van der Waals surface area (Å²) in [5.74, 6) is 0.0487. The second-order valence-electron chi connectivity index (χ2n) is 6.34. The number of nitrogens with zero attached hydrogens (tertiary/aromatic N) is 1. The van der Waals surface area contributed by atoms with Crippen molar-refractivity contribution in [3.05, 3.63) is 60.0 Å². The van der Waals surface area contributed by atoms with Crippen molar-refractivity contribution in [2.45, 2.75) is 25.4 Å². The van der Waals surface area contributed by atoms with Crippen LogP contribution in [-0.2, 0) is 6.54 Å². The van der Waals surface area contributed by atoms with E-state index in [2.05, 4.69) is 34.6 Å². The number of aromatic amines is 1. The summed E-state index contributed by atoms with van der Waals surface area (Å²) in [4.78, 5) is 17.8. The Balaban J connectivity index is 1.39. The van der Waals surface area contributed by atoms with Gasteiger partial charge in [-0.3, -0.25) is 4.79 Å². The van der Waals surface area contributed by atoms with E-state index in [4.69, 9.17) is 4.42 Å². The van der Waals surface area contributed by atoms with Gasteiger partial charge >= 0.3 is 0 Å². The van der Waals surface area contributed by atoms with Gasteiger partial charge in [0.15, 0.2) is 5.58 Å². The summed E-state index contributed by atoms with van der Waals surface area (Å²) in [6, 6.07) is 14.3. The Kier molecular flexibility index (Phi) is 4.09. The molecule has 5 heteroatoms. The largest absolute Gasteiger partial charge is 0.463 e. The summed E-state index contributed by atoms with van der Waals surface area (Å²) in [6.07, 6.45) is 3.75. The first kappa shape index (κ1) is 15.0. The summed E-state index contributed by atoms with van der Waals surface area (Å²) in [5.41, 5.74) is 3.47. The number of benzene rings is 1. The number of hydrogen-bond acceptors (Lipinski definition) is 3. The molecule has 0 bridgehead atoms. The molecule has 0 saturated carbocycles. The molecular weight excluding hydrogens is 302 g/mol. The second kappa shape index (κ2) is 6.53. The van der Waals surface area contributed by atoms with Gasteiger partial charge in [-0.1, -0.05) is 30.3 Å². The number of carbonyl (C=O) groups is 1. The van der Waals surface area contributed by atoms with Crippen molar-refractivity contribution in [3.8, 4) is 0 Å². The molecule has 2 aromatic heterocycles. The van der Waals surface area contributed by atoms with Crippen LogP contribution in [-0.4, -0.2) is 34.9 Å². The van der Waals surface area contributed by atoms with E-state index in [0.717, 1.165) is 43.6 Å². The van der Waals surface area contributed by atoms with Crippen LogP contribution in [0.1, 0.15) is 28.9 Å². The molecule has 1 amide bonds. The zero-order chi connectivity index (χ0) is 16.4. The van der Waals surface area contributed by atoms with Crippen LogP contribution in [0.3, 0.4) is 0 Å². The molecule has 0 spiro atoms. The molecule has 0 unspecified atom stereocenters. The molecule has 2 N–H and O–H groups in total. The average molecular weight is 323 g/mol. The van der Waals surface area contributed by atoms with Crippen LogP contribution in [0.15, 0.2) is 53.1 Å². The van der Waals surface area contributed by atoms with Crippen LogP contribution in [0.25, 0.3) is 11.1 Å². The lowest BCUT2D eigenvalue weighted by Gasteiger charge is -2.33. The molecule has 3 heterocycles. The summed E-state index contributed by atoms with van der Waals surface area (Å²) in [5, 5.41) is 3.57. The molecule has 0 radical (unpaired) electrons. The Morgan fingerprint density at radius 2 is 2.17 bits per heavy atom. The topological polar surface area (TPSA) is 61.3 Å². The van der Waals surface area contributed by atoms with Gasteiger partial charge in [0.2, 0.25) is 0 Å². The predicted octanol–water partition coefficient (Wildman–Crippen LogP) is 3.16. The smallest absolute Gasteiger partial charge is 0.270 e. The molecule has 1 aliphatic heterocycles. The molecule has 1 aliphatic rings. The Bertz CT molecular complexity index is 793. The van der Waals surface area contributed by atoms with Crippen molar-refractivity contribution < 1.29 is 9.21 Å². The number of H-pyrrole nitrogens is 1. The fourth-order valence-corrected chi connectivity index (χ4v) is 3.32. The molecule has 1 saturated heterocycles. The monoisotopic (exact) mass is 323 g/mol. The first-order valence-corrected chi connectivity index (χ1v) is 8.42. The molecule has 4 rings (SSSR count). The summed E-state index contributed by atoms with van der Waals surface area (Å²) in [6.45, 7) is 2.39. The number of likely N-dealkylation sites (tertiary alicyclic amines) is 1. The third-order valence-corrected chi connectivity index (χ3v) is 4.62. The van der Waals surface area contributed by atoms with E-state index >= 15 is 0 Å². The predicted molar refractivity (Wildman–Crippen MR) is 92.8 cm³/mol. The molecule has 1 aromatic carbocycles. The van der Waals surface area contributed by atoms with Crippen molar-refractivity contribution in [2.24, 2.45) is 0 Å². The number of carbonyl (C=O) groups excluding carboxylic acids is 1. The summed E-state index contributed by atoms with van der Waals surface area (Å²) < 4.78 is 5.33.